The largest absolute Gasteiger partial charge is 0.496 e. The number of hydrogen-bond acceptors (Lipinski definition) is 9. The quantitative estimate of drug-likeness (QED) is 0.196. The fourth-order valence-corrected chi connectivity index (χ4v) is 3.55. The second-order valence-corrected chi connectivity index (χ2v) is 8.36. The van der Waals surface area contributed by atoms with Crippen molar-refractivity contribution >= 4 is 23.7 Å². The fraction of sp³-hybridized carbons (Fsp3) is 0.391. The van der Waals surface area contributed by atoms with E-state index in [4.69, 9.17) is 21.2 Å². The number of fused-ring (bicyclic) bond motifs is 1. The van der Waals surface area contributed by atoms with Gasteiger partial charge in [0.05, 0.1) is 31.4 Å². The van der Waals surface area contributed by atoms with Crippen molar-refractivity contribution in [2.75, 3.05) is 19.0 Å². The van der Waals surface area contributed by atoms with Gasteiger partial charge < -0.3 is 25.7 Å². The molecule has 6 N–H and O–H groups in total. The Morgan fingerprint density at radius 1 is 1.26 bits per heavy atom. The van der Waals surface area contributed by atoms with Crippen LogP contribution in [0.4, 0.5) is 10.6 Å². The number of amidine groups is 1. The van der Waals surface area contributed by atoms with Gasteiger partial charge in [0.2, 0.25) is 0 Å². The van der Waals surface area contributed by atoms with Crippen LogP contribution in [0.25, 0.3) is 0 Å². The molecule has 0 spiro atoms. The molecule has 0 fully saturated rings. The van der Waals surface area contributed by atoms with Crippen LogP contribution in [0.15, 0.2) is 35.4 Å². The molecule has 0 bridgehead atoms. The summed E-state index contributed by atoms with van der Waals surface area (Å²) in [6.45, 7) is 5.75. The Morgan fingerprint density at radius 2 is 1.94 bits per heavy atom. The first kappa shape index (κ1) is 25.7. The predicted octanol–water partition coefficient (Wildman–Crippen LogP) is 1.38. The molecule has 188 valence electrons. The van der Waals surface area contributed by atoms with Crippen LogP contribution in [-0.4, -0.2) is 63.7 Å². The molecular weight excluding hydrogens is 454 g/mol. The maximum Gasteiger partial charge on any atom is 0.410 e. The van der Waals surface area contributed by atoms with Crippen molar-refractivity contribution in [3.63, 3.8) is 0 Å². The van der Waals surface area contributed by atoms with Crippen LogP contribution in [0.3, 0.4) is 0 Å². The van der Waals surface area contributed by atoms with Gasteiger partial charge in [-0.2, -0.15) is 5.10 Å². The summed E-state index contributed by atoms with van der Waals surface area (Å²) in [6, 6.07) is 7.90. The number of benzene rings is 1. The Labute approximate surface area is 203 Å². The summed E-state index contributed by atoms with van der Waals surface area (Å²) in [5.41, 5.74) is 2.31. The highest BCUT2D eigenvalue weighted by Gasteiger charge is 2.28. The molecule has 12 heteroatoms. The number of hydrazine groups is 1. The van der Waals surface area contributed by atoms with Gasteiger partial charge >= 0.3 is 6.09 Å². The van der Waals surface area contributed by atoms with E-state index in [1.54, 1.807) is 56.0 Å². The minimum Gasteiger partial charge on any atom is -0.496 e. The molecule has 3 rings (SSSR count). The SMILES string of the molecule is COc1cc2c(cc1C(=O)Nc1cccc(/C(=N/N)N(N)C(C)CO)n1)CN(C(=O)OC(C)C)C2. The molecule has 2 amide bonds. The van der Waals surface area contributed by atoms with Crippen LogP contribution >= 0.6 is 0 Å². The van der Waals surface area contributed by atoms with Gasteiger partial charge in [0.25, 0.3) is 5.91 Å². The summed E-state index contributed by atoms with van der Waals surface area (Å²) in [7, 11) is 1.47. The van der Waals surface area contributed by atoms with Crippen molar-refractivity contribution in [2.24, 2.45) is 16.8 Å². The molecule has 1 aromatic carbocycles. The Hall–Kier alpha value is -3.90. The topological polar surface area (TPSA) is 169 Å². The zero-order chi connectivity index (χ0) is 25.7. The Balaban J connectivity index is 1.82. The highest BCUT2D eigenvalue weighted by Crippen LogP contribution is 2.31. The lowest BCUT2D eigenvalue weighted by Gasteiger charge is -2.25. The standard InChI is InChI=1S/C23H31N7O5/c1-13(2)35-23(33)29-10-15-8-17(19(34-4)9-16(15)11-29)22(32)27-20-7-5-6-18(26-20)21(28-24)30(25)14(3)12-31/h5-9,13-14,31H,10-12,24-25H2,1-4H3,(H,26,27,32)/b28-21-. The van der Waals surface area contributed by atoms with Crippen LogP contribution in [0.2, 0.25) is 0 Å². The molecule has 0 radical (unpaired) electrons. The van der Waals surface area contributed by atoms with Crippen LogP contribution in [0.1, 0.15) is 48.0 Å². The number of aliphatic hydroxyl groups excluding tert-OH is 1. The molecule has 12 nitrogen and oxygen atoms in total. The molecule has 1 atom stereocenters. The summed E-state index contributed by atoms with van der Waals surface area (Å²) in [4.78, 5) is 31.4. The minimum atomic E-state index is -0.453. The lowest BCUT2D eigenvalue weighted by atomic mass is 10.0. The van der Waals surface area contributed by atoms with Gasteiger partial charge in [-0.1, -0.05) is 6.07 Å². The Morgan fingerprint density at radius 3 is 2.54 bits per heavy atom. The predicted molar refractivity (Wildman–Crippen MR) is 129 cm³/mol. The molecule has 1 unspecified atom stereocenters. The molecule has 0 saturated carbocycles. The van der Waals surface area contributed by atoms with E-state index in [2.05, 4.69) is 15.4 Å². The van der Waals surface area contributed by atoms with E-state index in [0.717, 1.165) is 11.1 Å². The maximum atomic E-state index is 13.1. The van der Waals surface area contributed by atoms with Gasteiger partial charge in [-0.15, -0.1) is 0 Å². The first-order valence-corrected chi connectivity index (χ1v) is 11.0. The number of amides is 2. The van der Waals surface area contributed by atoms with E-state index in [1.807, 2.05) is 0 Å². The Kier molecular flexibility index (Phi) is 8.10. The van der Waals surface area contributed by atoms with E-state index in [1.165, 1.54) is 12.1 Å². The molecule has 2 heterocycles. The van der Waals surface area contributed by atoms with Crippen molar-refractivity contribution in [3.05, 3.63) is 52.7 Å². The molecular formula is C23H31N7O5. The summed E-state index contributed by atoms with van der Waals surface area (Å²) < 4.78 is 10.7. The molecule has 0 saturated heterocycles. The number of nitrogens with one attached hydrogen (secondary N) is 1. The maximum absolute atomic E-state index is 13.1. The smallest absolute Gasteiger partial charge is 0.410 e. The number of anilines is 1. The van der Waals surface area contributed by atoms with Gasteiger partial charge in [0.1, 0.15) is 17.3 Å². The number of rotatable bonds is 7. The third kappa shape index (κ3) is 5.78. The lowest BCUT2D eigenvalue weighted by Crippen LogP contribution is -2.47. The normalized spacial score (nSPS) is 13.9. The average molecular weight is 486 g/mol. The van der Waals surface area contributed by atoms with E-state index in [0.29, 0.717) is 30.1 Å². The number of hydrazone groups is 1. The summed E-state index contributed by atoms with van der Waals surface area (Å²) >= 11 is 0. The first-order valence-electron chi connectivity index (χ1n) is 11.0. The fourth-order valence-electron chi connectivity index (χ4n) is 3.55. The average Bonchev–Trinajstić information content (AvgIpc) is 3.26. The van der Waals surface area contributed by atoms with E-state index >= 15 is 0 Å². The minimum absolute atomic E-state index is 0.145. The number of nitrogens with zero attached hydrogens (tertiary/aromatic N) is 4. The van der Waals surface area contributed by atoms with Crippen molar-refractivity contribution in [1.29, 1.82) is 0 Å². The number of carbonyl (C=O) groups excluding carboxylic acids is 2. The molecule has 2 aromatic rings. The number of nitrogens with two attached hydrogens (primary N) is 2. The van der Waals surface area contributed by atoms with E-state index in [9.17, 15) is 14.7 Å². The van der Waals surface area contributed by atoms with Gasteiger partial charge in [0, 0.05) is 13.1 Å². The van der Waals surface area contributed by atoms with Crippen molar-refractivity contribution in [3.8, 4) is 5.75 Å². The summed E-state index contributed by atoms with van der Waals surface area (Å²) in [5, 5.41) is 17.0. The molecule has 1 aromatic heterocycles. The van der Waals surface area contributed by atoms with Crippen molar-refractivity contribution in [1.82, 2.24) is 14.9 Å². The van der Waals surface area contributed by atoms with Gasteiger partial charge in [-0.3, -0.25) is 14.7 Å². The molecule has 0 aliphatic carbocycles. The van der Waals surface area contributed by atoms with Crippen LogP contribution < -0.4 is 21.7 Å². The van der Waals surface area contributed by atoms with Gasteiger partial charge in [-0.25, -0.2) is 15.6 Å². The zero-order valence-electron chi connectivity index (χ0n) is 20.2. The van der Waals surface area contributed by atoms with Crippen molar-refractivity contribution < 1.29 is 24.2 Å². The monoisotopic (exact) mass is 485 g/mol. The second-order valence-electron chi connectivity index (χ2n) is 8.36. The third-order valence-electron chi connectivity index (χ3n) is 5.41. The number of hydrogen-bond donors (Lipinski definition) is 4. The summed E-state index contributed by atoms with van der Waals surface area (Å²) in [6.07, 6.45) is -0.641. The Bertz CT molecular complexity index is 1120. The lowest BCUT2D eigenvalue weighted by molar-refractivity contribution is 0.0760. The zero-order valence-corrected chi connectivity index (χ0v) is 20.2. The number of methoxy groups -OCH3 is 1. The highest BCUT2D eigenvalue weighted by atomic mass is 16.6. The number of ether oxygens (including phenoxy) is 2. The van der Waals surface area contributed by atoms with E-state index in [-0.39, 0.29) is 24.4 Å². The summed E-state index contributed by atoms with van der Waals surface area (Å²) in [5.74, 6) is 11.8. The number of aliphatic hydroxyl groups is 1. The molecule has 35 heavy (non-hydrogen) atoms. The first-order chi connectivity index (χ1) is 16.7. The highest BCUT2D eigenvalue weighted by molar-refractivity contribution is 6.06. The van der Waals surface area contributed by atoms with Crippen LogP contribution in [-0.2, 0) is 17.8 Å². The van der Waals surface area contributed by atoms with Gasteiger partial charge in [-0.05, 0) is 56.2 Å². The number of aromatic nitrogens is 1. The van der Waals surface area contributed by atoms with Crippen LogP contribution in [0.5, 0.6) is 5.75 Å². The molecule has 1 aliphatic heterocycles. The van der Waals surface area contributed by atoms with Crippen molar-refractivity contribution in [2.45, 2.75) is 46.0 Å². The van der Waals surface area contributed by atoms with Crippen LogP contribution in [0, 0.1) is 0 Å². The van der Waals surface area contributed by atoms with Gasteiger partial charge in [0.15, 0.2) is 5.84 Å². The number of pyridine rings is 1. The second kappa shape index (κ2) is 11.0. The number of carbonyl (C=O) groups is 2. The third-order valence-corrected chi connectivity index (χ3v) is 5.41. The molecule has 1 aliphatic rings. The van der Waals surface area contributed by atoms with E-state index < -0.39 is 18.0 Å².